The van der Waals surface area contributed by atoms with Gasteiger partial charge >= 0.3 is 0 Å². The molecule has 0 aliphatic carbocycles. The molecule has 0 saturated heterocycles. The van der Waals surface area contributed by atoms with E-state index in [2.05, 4.69) is 39.9 Å². The predicted octanol–water partition coefficient (Wildman–Crippen LogP) is 4.17. The second kappa shape index (κ2) is 9.44. The second-order valence-corrected chi connectivity index (χ2v) is 3.94. The Labute approximate surface area is 130 Å². The Bertz CT molecular complexity index is 547. The molecule has 0 radical (unpaired) electrons. The lowest BCUT2D eigenvalue weighted by Gasteiger charge is -2.07. The fraction of sp³-hybridized carbons (Fsp3) is 0.200. The van der Waals surface area contributed by atoms with E-state index in [1.54, 1.807) is 6.20 Å². The topological polar surface area (TPSA) is 35.0 Å². The van der Waals surface area contributed by atoms with Crippen LogP contribution >= 0.6 is 23.3 Å². The van der Waals surface area contributed by atoms with E-state index in [4.69, 9.17) is 4.74 Å². The molecule has 1 aromatic carbocycles. The zero-order chi connectivity index (χ0) is 14.8. The predicted molar refractivity (Wildman–Crippen MR) is 90.5 cm³/mol. The fourth-order valence-corrected chi connectivity index (χ4v) is 1.62. The van der Waals surface area contributed by atoms with Crippen LogP contribution in [0.3, 0.4) is 0 Å². The molecule has 0 aliphatic rings. The molecule has 5 heteroatoms. The molecule has 0 unspecified atom stereocenters. The normalized spacial score (nSPS) is 9.35. The highest BCUT2D eigenvalue weighted by Crippen LogP contribution is 2.22. The van der Waals surface area contributed by atoms with E-state index in [-0.39, 0.29) is 0 Å². The first-order valence-electron chi connectivity index (χ1n) is 6.13. The van der Waals surface area contributed by atoms with E-state index in [0.29, 0.717) is 6.61 Å². The Morgan fingerprint density at radius 2 is 2.10 bits per heavy atom. The van der Waals surface area contributed by atoms with Gasteiger partial charge in [-0.15, -0.1) is 29.9 Å². The van der Waals surface area contributed by atoms with E-state index in [1.807, 2.05) is 43.3 Å². The Hall–Kier alpha value is -1.46. The summed E-state index contributed by atoms with van der Waals surface area (Å²) in [5.74, 6) is 1.62. The molecule has 0 bridgehead atoms. The van der Waals surface area contributed by atoms with Crippen molar-refractivity contribution in [1.29, 1.82) is 0 Å². The van der Waals surface area contributed by atoms with Crippen molar-refractivity contribution in [3.05, 3.63) is 55.0 Å². The molecular weight excluding hydrogens is 288 g/mol. The SMILES string of the molecule is C=CCCOc1cccc(-c2ccnc(C)n2)c1.SS. The number of hydrogen-bond acceptors (Lipinski definition) is 5. The van der Waals surface area contributed by atoms with Crippen molar-refractivity contribution in [2.45, 2.75) is 13.3 Å². The molecule has 0 N–H and O–H groups in total. The Morgan fingerprint density at radius 1 is 1.30 bits per heavy atom. The molecule has 0 atom stereocenters. The average Bonchev–Trinajstić information content (AvgIpc) is 2.50. The summed E-state index contributed by atoms with van der Waals surface area (Å²) in [7, 11) is 0. The van der Waals surface area contributed by atoms with Crippen LogP contribution < -0.4 is 4.74 Å². The van der Waals surface area contributed by atoms with Gasteiger partial charge in [0.15, 0.2) is 0 Å². The summed E-state index contributed by atoms with van der Waals surface area (Å²) in [6.45, 7) is 6.20. The van der Waals surface area contributed by atoms with Gasteiger partial charge in [0.25, 0.3) is 0 Å². The van der Waals surface area contributed by atoms with Crippen molar-refractivity contribution >= 4 is 23.3 Å². The van der Waals surface area contributed by atoms with E-state index in [1.165, 1.54) is 0 Å². The smallest absolute Gasteiger partial charge is 0.125 e. The lowest BCUT2D eigenvalue weighted by atomic mass is 10.1. The maximum atomic E-state index is 5.62. The van der Waals surface area contributed by atoms with Gasteiger partial charge in [-0.25, -0.2) is 9.97 Å². The van der Waals surface area contributed by atoms with Crippen LogP contribution in [-0.2, 0) is 0 Å². The highest BCUT2D eigenvalue weighted by Gasteiger charge is 2.01. The monoisotopic (exact) mass is 306 g/mol. The number of rotatable bonds is 5. The van der Waals surface area contributed by atoms with Gasteiger partial charge in [-0.3, -0.25) is 0 Å². The van der Waals surface area contributed by atoms with Crippen molar-refractivity contribution in [2.24, 2.45) is 0 Å². The minimum absolute atomic E-state index is 0.649. The van der Waals surface area contributed by atoms with E-state index >= 15 is 0 Å². The van der Waals surface area contributed by atoms with Crippen molar-refractivity contribution in [2.75, 3.05) is 6.61 Å². The first kappa shape index (κ1) is 16.6. The van der Waals surface area contributed by atoms with Crippen LogP contribution in [0.25, 0.3) is 11.3 Å². The largest absolute Gasteiger partial charge is 0.493 e. The Kier molecular flexibility index (Phi) is 7.84. The number of nitrogens with zero attached hydrogens (tertiary/aromatic N) is 2. The molecular formula is C15H18N2OS2. The molecule has 20 heavy (non-hydrogen) atoms. The maximum absolute atomic E-state index is 5.62. The Balaban J connectivity index is 0.000000956. The molecule has 2 rings (SSSR count). The highest BCUT2D eigenvalue weighted by atomic mass is 33.1. The van der Waals surface area contributed by atoms with Gasteiger partial charge in [0, 0.05) is 11.8 Å². The first-order valence-corrected chi connectivity index (χ1v) is 7.73. The van der Waals surface area contributed by atoms with Gasteiger partial charge in [-0.05, 0) is 31.5 Å². The summed E-state index contributed by atoms with van der Waals surface area (Å²) in [5, 5.41) is 0. The van der Waals surface area contributed by atoms with Crippen LogP contribution in [0, 0.1) is 6.92 Å². The molecule has 3 nitrogen and oxygen atoms in total. The van der Waals surface area contributed by atoms with Gasteiger partial charge in [-0.2, -0.15) is 0 Å². The lowest BCUT2D eigenvalue weighted by Crippen LogP contribution is -1.96. The van der Waals surface area contributed by atoms with Gasteiger partial charge < -0.3 is 4.74 Å². The zero-order valence-electron chi connectivity index (χ0n) is 11.4. The summed E-state index contributed by atoms with van der Waals surface area (Å²) in [6, 6.07) is 9.82. The van der Waals surface area contributed by atoms with Crippen molar-refractivity contribution in [3.63, 3.8) is 0 Å². The lowest BCUT2D eigenvalue weighted by molar-refractivity contribution is 0.325. The van der Waals surface area contributed by atoms with Crippen LogP contribution in [0.5, 0.6) is 5.75 Å². The number of hydrogen-bond donors (Lipinski definition) is 2. The molecule has 0 spiro atoms. The van der Waals surface area contributed by atoms with E-state index < -0.39 is 0 Å². The molecule has 106 valence electrons. The molecule has 0 saturated carbocycles. The summed E-state index contributed by atoms with van der Waals surface area (Å²) in [6.07, 6.45) is 4.46. The van der Waals surface area contributed by atoms with Gasteiger partial charge in [0.05, 0.1) is 12.3 Å². The third-order valence-electron chi connectivity index (χ3n) is 2.50. The van der Waals surface area contributed by atoms with Gasteiger partial charge in [0.2, 0.25) is 0 Å². The minimum Gasteiger partial charge on any atom is -0.493 e. The van der Waals surface area contributed by atoms with Crippen molar-refractivity contribution < 1.29 is 4.74 Å². The first-order chi connectivity index (χ1) is 9.79. The van der Waals surface area contributed by atoms with Crippen molar-refractivity contribution in [1.82, 2.24) is 9.97 Å². The van der Waals surface area contributed by atoms with Gasteiger partial charge in [0.1, 0.15) is 11.6 Å². The van der Waals surface area contributed by atoms with Crippen LogP contribution in [0.15, 0.2) is 49.2 Å². The molecule has 0 aliphatic heterocycles. The summed E-state index contributed by atoms with van der Waals surface area (Å²) < 4.78 is 5.62. The quantitative estimate of drug-likeness (QED) is 0.377. The van der Waals surface area contributed by atoms with E-state index in [0.717, 1.165) is 29.3 Å². The number of thiol groups is 2. The minimum atomic E-state index is 0.649. The summed E-state index contributed by atoms with van der Waals surface area (Å²) in [4.78, 5) is 8.49. The van der Waals surface area contributed by atoms with Gasteiger partial charge in [-0.1, -0.05) is 18.2 Å². The van der Waals surface area contributed by atoms with Crippen LogP contribution in [-0.4, -0.2) is 16.6 Å². The van der Waals surface area contributed by atoms with Crippen LogP contribution in [0.1, 0.15) is 12.2 Å². The van der Waals surface area contributed by atoms with Crippen LogP contribution in [0.2, 0.25) is 0 Å². The fourth-order valence-electron chi connectivity index (χ4n) is 1.62. The zero-order valence-corrected chi connectivity index (χ0v) is 13.1. The molecule has 1 heterocycles. The summed E-state index contributed by atoms with van der Waals surface area (Å²) in [5.41, 5.74) is 1.95. The van der Waals surface area contributed by atoms with Crippen molar-refractivity contribution in [3.8, 4) is 17.0 Å². The standard InChI is InChI=1S/C15H16N2O.H2S2/c1-3-4-10-18-14-7-5-6-13(11-14)15-8-9-16-12(2)17-15;1-2/h3,5-9,11H,1,4,10H2,2H3;1-2H. The number of benzene rings is 1. The number of ether oxygens (including phenoxy) is 1. The third-order valence-corrected chi connectivity index (χ3v) is 2.50. The third kappa shape index (κ3) is 5.27. The molecule has 1 aromatic heterocycles. The highest BCUT2D eigenvalue weighted by molar-refractivity contribution is 8.59. The number of aryl methyl sites for hydroxylation is 1. The second-order valence-electron chi connectivity index (χ2n) is 3.94. The average molecular weight is 306 g/mol. The molecule has 2 aromatic rings. The number of aromatic nitrogens is 2. The Morgan fingerprint density at radius 3 is 2.80 bits per heavy atom. The van der Waals surface area contributed by atoms with Crippen LogP contribution in [0.4, 0.5) is 0 Å². The maximum Gasteiger partial charge on any atom is 0.125 e. The molecule has 0 fully saturated rings. The summed E-state index contributed by atoms with van der Waals surface area (Å²) >= 11 is 6.44. The molecule has 0 amide bonds. The van der Waals surface area contributed by atoms with E-state index in [9.17, 15) is 0 Å².